The second-order valence-corrected chi connectivity index (χ2v) is 8.94. The second kappa shape index (κ2) is 10.8. The summed E-state index contributed by atoms with van der Waals surface area (Å²) in [5.41, 5.74) is 1.63. The van der Waals surface area contributed by atoms with Gasteiger partial charge in [-0.3, -0.25) is 19.7 Å². The normalized spacial score (nSPS) is 22.0. The van der Waals surface area contributed by atoms with Gasteiger partial charge in [0.25, 0.3) is 5.69 Å². The summed E-state index contributed by atoms with van der Waals surface area (Å²) < 4.78 is 15.7. The lowest BCUT2D eigenvalue weighted by Crippen LogP contribution is -2.43. The van der Waals surface area contributed by atoms with Crippen LogP contribution in [0, 0.1) is 22.0 Å². The number of methoxy groups -OCH3 is 1. The van der Waals surface area contributed by atoms with E-state index in [-0.39, 0.29) is 42.1 Å². The van der Waals surface area contributed by atoms with Crippen LogP contribution < -0.4 is 5.32 Å². The van der Waals surface area contributed by atoms with Crippen LogP contribution in [-0.2, 0) is 28.6 Å². The molecule has 3 rings (SSSR count). The van der Waals surface area contributed by atoms with Gasteiger partial charge in [-0.25, -0.2) is 4.79 Å². The van der Waals surface area contributed by atoms with Gasteiger partial charge in [0.05, 0.1) is 30.3 Å². The van der Waals surface area contributed by atoms with Gasteiger partial charge >= 0.3 is 11.9 Å². The summed E-state index contributed by atoms with van der Waals surface area (Å²) in [7, 11) is 1.22. The highest BCUT2D eigenvalue weighted by molar-refractivity contribution is 6.12. The standard InChI is InChI=1S/C25H30N2O8/c1-13(2)34-9-10-35-25(30)20-15(4)26-18-11-14(3)19(24(29)33-5)23(28)22(18)21(20)16-7-6-8-17(12-16)27(31)32/h6-8,12-14,19,21,26H,9-11H2,1-5H3/t14-,19+,21-/m0/s1. The number of esters is 2. The van der Waals surface area contributed by atoms with Crippen molar-refractivity contribution in [1.29, 1.82) is 0 Å². The molecule has 1 N–H and O–H groups in total. The Morgan fingerprint density at radius 1 is 1.26 bits per heavy atom. The Labute approximate surface area is 203 Å². The minimum absolute atomic E-state index is 0.00286. The number of nitrogens with zero attached hydrogens (tertiary/aromatic N) is 1. The summed E-state index contributed by atoms with van der Waals surface area (Å²) >= 11 is 0. The molecule has 1 aliphatic carbocycles. The molecule has 0 fully saturated rings. The van der Waals surface area contributed by atoms with E-state index in [0.29, 0.717) is 23.4 Å². The average molecular weight is 487 g/mol. The van der Waals surface area contributed by atoms with E-state index in [4.69, 9.17) is 14.2 Å². The third-order valence-electron chi connectivity index (χ3n) is 6.14. The van der Waals surface area contributed by atoms with Crippen molar-refractivity contribution >= 4 is 23.4 Å². The molecule has 0 saturated carbocycles. The van der Waals surface area contributed by atoms with Crippen molar-refractivity contribution in [3.63, 3.8) is 0 Å². The number of hydrogen-bond donors (Lipinski definition) is 1. The first-order valence-electron chi connectivity index (χ1n) is 11.4. The molecule has 35 heavy (non-hydrogen) atoms. The highest BCUT2D eigenvalue weighted by atomic mass is 16.6. The van der Waals surface area contributed by atoms with E-state index in [9.17, 15) is 24.5 Å². The molecule has 10 nitrogen and oxygen atoms in total. The molecule has 1 aliphatic heterocycles. The topological polar surface area (TPSA) is 134 Å². The zero-order valence-electron chi connectivity index (χ0n) is 20.5. The Morgan fingerprint density at radius 3 is 2.60 bits per heavy atom. The number of carbonyl (C=O) groups excluding carboxylic acids is 3. The van der Waals surface area contributed by atoms with Gasteiger partial charge < -0.3 is 19.5 Å². The van der Waals surface area contributed by atoms with Crippen LogP contribution in [0.15, 0.2) is 46.8 Å². The fourth-order valence-electron chi connectivity index (χ4n) is 4.60. The molecule has 1 aromatic carbocycles. The minimum atomic E-state index is -1.04. The summed E-state index contributed by atoms with van der Waals surface area (Å²) in [4.78, 5) is 50.3. The number of ether oxygens (including phenoxy) is 3. The third-order valence-corrected chi connectivity index (χ3v) is 6.14. The highest BCUT2D eigenvalue weighted by Crippen LogP contribution is 2.45. The highest BCUT2D eigenvalue weighted by Gasteiger charge is 2.47. The molecule has 0 aromatic heterocycles. The first-order chi connectivity index (χ1) is 16.6. The number of rotatable bonds is 8. The lowest BCUT2D eigenvalue weighted by atomic mass is 9.69. The van der Waals surface area contributed by atoms with Crippen molar-refractivity contribution in [2.75, 3.05) is 20.3 Å². The number of non-ortho nitro benzene ring substituents is 1. The monoisotopic (exact) mass is 486 g/mol. The van der Waals surface area contributed by atoms with E-state index in [0.717, 1.165) is 0 Å². The molecular weight excluding hydrogens is 456 g/mol. The van der Waals surface area contributed by atoms with Crippen LogP contribution in [0.4, 0.5) is 5.69 Å². The molecule has 1 heterocycles. The summed E-state index contributed by atoms with van der Waals surface area (Å²) in [6, 6.07) is 5.79. The van der Waals surface area contributed by atoms with E-state index >= 15 is 0 Å². The quantitative estimate of drug-likeness (QED) is 0.193. The van der Waals surface area contributed by atoms with Crippen LogP contribution in [0.3, 0.4) is 0 Å². The van der Waals surface area contributed by atoms with Crippen LogP contribution in [0.2, 0.25) is 0 Å². The fourth-order valence-corrected chi connectivity index (χ4v) is 4.60. The molecule has 188 valence electrons. The number of ketones is 1. The largest absolute Gasteiger partial charge is 0.468 e. The number of carbonyl (C=O) groups is 3. The zero-order valence-corrected chi connectivity index (χ0v) is 20.5. The van der Waals surface area contributed by atoms with Gasteiger partial charge in [0.1, 0.15) is 12.5 Å². The van der Waals surface area contributed by atoms with E-state index in [1.54, 1.807) is 19.9 Å². The van der Waals surface area contributed by atoms with Gasteiger partial charge in [-0.2, -0.15) is 0 Å². The molecule has 0 radical (unpaired) electrons. The van der Waals surface area contributed by atoms with Gasteiger partial charge in [0.15, 0.2) is 5.78 Å². The van der Waals surface area contributed by atoms with Crippen molar-refractivity contribution in [1.82, 2.24) is 5.32 Å². The van der Waals surface area contributed by atoms with Crippen molar-refractivity contribution in [3.05, 3.63) is 62.5 Å². The maximum absolute atomic E-state index is 13.7. The number of nitrogens with one attached hydrogen (secondary N) is 1. The predicted octanol–water partition coefficient (Wildman–Crippen LogP) is 3.18. The van der Waals surface area contributed by atoms with E-state index in [1.165, 1.54) is 25.3 Å². The van der Waals surface area contributed by atoms with Crippen molar-refractivity contribution in [2.45, 2.75) is 46.1 Å². The zero-order chi connectivity index (χ0) is 25.9. The summed E-state index contributed by atoms with van der Waals surface area (Å²) in [5.74, 6) is -4.13. The average Bonchev–Trinajstić information content (AvgIpc) is 2.80. The van der Waals surface area contributed by atoms with Gasteiger partial charge in [-0.15, -0.1) is 0 Å². The lowest BCUT2D eigenvalue weighted by molar-refractivity contribution is -0.384. The maximum Gasteiger partial charge on any atom is 0.336 e. The van der Waals surface area contributed by atoms with Gasteiger partial charge in [0.2, 0.25) is 0 Å². The molecule has 0 bridgehead atoms. The number of Topliss-reactive ketones (excluding diaryl/α,β-unsaturated/α-hetero) is 1. The molecular formula is C25H30N2O8. The number of allylic oxidation sites excluding steroid dienone is 3. The number of dihydropyridines is 1. The number of benzene rings is 1. The van der Waals surface area contributed by atoms with Crippen LogP contribution in [-0.4, -0.2) is 49.1 Å². The SMILES string of the molecule is COC(=O)[C@H]1C(=O)C2=C(C[C@@H]1C)NC(C)=C(C(=O)OCCOC(C)C)[C@@H]2c1cccc([N+](=O)[O-])c1. The van der Waals surface area contributed by atoms with E-state index in [1.807, 2.05) is 13.8 Å². The first-order valence-corrected chi connectivity index (χ1v) is 11.4. The third kappa shape index (κ3) is 5.43. The smallest absolute Gasteiger partial charge is 0.336 e. The summed E-state index contributed by atoms with van der Waals surface area (Å²) in [6.45, 7) is 7.39. The molecule has 0 spiro atoms. The van der Waals surface area contributed by atoms with Crippen molar-refractivity contribution < 1.29 is 33.5 Å². The van der Waals surface area contributed by atoms with Crippen molar-refractivity contribution in [2.24, 2.45) is 11.8 Å². The maximum atomic E-state index is 13.7. The molecule has 0 unspecified atom stereocenters. The molecule has 3 atom stereocenters. The lowest BCUT2D eigenvalue weighted by Gasteiger charge is -2.38. The minimum Gasteiger partial charge on any atom is -0.468 e. The number of hydrogen-bond acceptors (Lipinski definition) is 9. The van der Waals surface area contributed by atoms with Gasteiger partial charge in [-0.1, -0.05) is 19.1 Å². The Kier molecular flexibility index (Phi) is 8.06. The Balaban J connectivity index is 2.09. The van der Waals surface area contributed by atoms with Crippen LogP contribution in [0.5, 0.6) is 0 Å². The molecule has 2 aliphatic rings. The van der Waals surface area contributed by atoms with E-state index < -0.39 is 34.5 Å². The molecule has 1 aromatic rings. The fraction of sp³-hybridized carbons (Fsp3) is 0.480. The molecule has 10 heteroatoms. The van der Waals surface area contributed by atoms with Crippen LogP contribution in [0.1, 0.15) is 45.6 Å². The van der Waals surface area contributed by atoms with Crippen molar-refractivity contribution in [3.8, 4) is 0 Å². The van der Waals surface area contributed by atoms with E-state index in [2.05, 4.69) is 5.32 Å². The Morgan fingerprint density at radius 2 is 1.97 bits per heavy atom. The first kappa shape index (κ1) is 26.1. The van der Waals surface area contributed by atoms with Crippen LogP contribution in [0.25, 0.3) is 0 Å². The number of nitro benzene ring substituents is 1. The number of nitro groups is 1. The van der Waals surface area contributed by atoms with Gasteiger partial charge in [0, 0.05) is 35.0 Å². The summed E-state index contributed by atoms with van der Waals surface area (Å²) in [6.07, 6.45) is 0.335. The van der Waals surface area contributed by atoms with Gasteiger partial charge in [-0.05, 0) is 38.7 Å². The second-order valence-electron chi connectivity index (χ2n) is 8.94. The predicted molar refractivity (Wildman–Crippen MR) is 125 cm³/mol. The molecule has 0 amide bonds. The molecule has 0 saturated heterocycles. The van der Waals surface area contributed by atoms with Crippen LogP contribution >= 0.6 is 0 Å². The summed E-state index contributed by atoms with van der Waals surface area (Å²) in [5, 5.41) is 14.6. The Hall–Kier alpha value is -3.53. The Bertz CT molecular complexity index is 1100.